The summed E-state index contributed by atoms with van der Waals surface area (Å²) in [7, 11) is -3.51. The zero-order chi connectivity index (χ0) is 15.9. The molecule has 8 heteroatoms. The summed E-state index contributed by atoms with van der Waals surface area (Å²) in [4.78, 5) is 23.2. The molecule has 0 aliphatic carbocycles. The molecule has 0 aliphatic heterocycles. The highest BCUT2D eigenvalue weighted by Crippen LogP contribution is 2.17. The summed E-state index contributed by atoms with van der Waals surface area (Å²) in [6.45, 7) is 1.99. The van der Waals surface area contributed by atoms with Crippen molar-refractivity contribution in [2.75, 3.05) is 24.1 Å². The summed E-state index contributed by atoms with van der Waals surface area (Å²) in [6, 6.07) is 6.01. The first kappa shape index (κ1) is 17.0. The maximum Gasteiger partial charge on any atom is 0.340 e. The summed E-state index contributed by atoms with van der Waals surface area (Å²) >= 11 is 0. The number of esters is 1. The fourth-order valence-corrected chi connectivity index (χ4v) is 2.05. The second-order valence-electron chi connectivity index (χ2n) is 4.35. The second-order valence-corrected chi connectivity index (χ2v) is 6.09. The van der Waals surface area contributed by atoms with Gasteiger partial charge in [0, 0.05) is 6.54 Å². The number of hydrogen-bond acceptors (Lipinski definition) is 5. The summed E-state index contributed by atoms with van der Waals surface area (Å²) in [5.41, 5.74) is 0.158. The van der Waals surface area contributed by atoms with Crippen molar-refractivity contribution < 1.29 is 22.7 Å². The Balaban J connectivity index is 2.72. The average Bonchev–Trinajstić information content (AvgIpc) is 2.41. The molecule has 0 bridgehead atoms. The number of hydrogen-bond donors (Lipinski definition) is 2. The zero-order valence-corrected chi connectivity index (χ0v) is 12.7. The molecule has 0 saturated heterocycles. The van der Waals surface area contributed by atoms with E-state index in [0.717, 1.165) is 12.7 Å². The standard InChI is InChI=1S/C13H18N2O5S/c1-3-8-14-12(16)9-20-13(17)10-6-4-5-7-11(10)15-21(2,18)19/h4-7,15H,3,8-9H2,1-2H3,(H,14,16). The van der Waals surface area contributed by atoms with Crippen molar-refractivity contribution in [3.63, 3.8) is 0 Å². The van der Waals surface area contributed by atoms with Gasteiger partial charge < -0.3 is 10.1 Å². The third-order valence-corrected chi connectivity index (χ3v) is 2.94. The molecule has 0 saturated carbocycles. The molecular weight excluding hydrogens is 296 g/mol. The van der Waals surface area contributed by atoms with Crippen LogP contribution in [0, 0.1) is 0 Å². The van der Waals surface area contributed by atoms with Crippen LogP contribution >= 0.6 is 0 Å². The first-order valence-electron chi connectivity index (χ1n) is 6.34. The van der Waals surface area contributed by atoms with Gasteiger partial charge in [0.05, 0.1) is 17.5 Å². The Morgan fingerprint density at radius 3 is 2.52 bits per heavy atom. The summed E-state index contributed by atoms with van der Waals surface area (Å²) < 4.78 is 29.5. The maximum absolute atomic E-state index is 11.9. The topological polar surface area (TPSA) is 102 Å². The number of nitrogens with one attached hydrogen (secondary N) is 2. The van der Waals surface area contributed by atoms with Gasteiger partial charge in [0.15, 0.2) is 6.61 Å². The van der Waals surface area contributed by atoms with Crippen molar-refractivity contribution in [1.29, 1.82) is 0 Å². The molecule has 2 N–H and O–H groups in total. The van der Waals surface area contributed by atoms with Crippen LogP contribution in [0.4, 0.5) is 5.69 Å². The molecule has 0 spiro atoms. The van der Waals surface area contributed by atoms with E-state index >= 15 is 0 Å². The molecule has 7 nitrogen and oxygen atoms in total. The minimum absolute atomic E-state index is 0.0474. The fraction of sp³-hybridized carbons (Fsp3) is 0.385. The van der Waals surface area contributed by atoms with Gasteiger partial charge in [0.1, 0.15) is 0 Å². The number of ether oxygens (including phenoxy) is 1. The van der Waals surface area contributed by atoms with E-state index in [-0.39, 0.29) is 11.3 Å². The van der Waals surface area contributed by atoms with Crippen LogP contribution in [0.25, 0.3) is 0 Å². The second kappa shape index (κ2) is 7.63. The Labute approximate surface area is 123 Å². The molecule has 0 fully saturated rings. The van der Waals surface area contributed by atoms with E-state index in [0.29, 0.717) is 6.54 Å². The van der Waals surface area contributed by atoms with Gasteiger partial charge in [0.25, 0.3) is 5.91 Å². The highest BCUT2D eigenvalue weighted by atomic mass is 32.2. The Hall–Kier alpha value is -2.09. The van der Waals surface area contributed by atoms with E-state index in [2.05, 4.69) is 10.0 Å². The number of para-hydroxylation sites is 1. The molecule has 0 radical (unpaired) electrons. The van der Waals surface area contributed by atoms with Crippen LogP contribution in [0.2, 0.25) is 0 Å². The SMILES string of the molecule is CCCNC(=O)COC(=O)c1ccccc1NS(C)(=O)=O. The first-order valence-corrected chi connectivity index (χ1v) is 8.23. The molecular formula is C13H18N2O5S. The van der Waals surface area contributed by atoms with Crippen LogP contribution in [-0.4, -0.2) is 39.7 Å². The highest BCUT2D eigenvalue weighted by Gasteiger charge is 2.16. The van der Waals surface area contributed by atoms with Gasteiger partial charge in [-0.3, -0.25) is 9.52 Å². The maximum atomic E-state index is 11.9. The number of amides is 1. The molecule has 1 aromatic carbocycles. The van der Waals surface area contributed by atoms with Crippen LogP contribution in [0.1, 0.15) is 23.7 Å². The lowest BCUT2D eigenvalue weighted by Crippen LogP contribution is -2.29. The van der Waals surface area contributed by atoms with Crippen LogP contribution in [0.15, 0.2) is 24.3 Å². The van der Waals surface area contributed by atoms with E-state index in [1.54, 1.807) is 12.1 Å². The molecule has 0 aromatic heterocycles. The van der Waals surface area contributed by atoms with Gasteiger partial charge in [-0.15, -0.1) is 0 Å². The predicted octanol–water partition coefficient (Wildman–Crippen LogP) is 0.741. The van der Waals surface area contributed by atoms with Crippen molar-refractivity contribution in [1.82, 2.24) is 5.32 Å². The number of anilines is 1. The van der Waals surface area contributed by atoms with Gasteiger partial charge in [-0.05, 0) is 18.6 Å². The van der Waals surface area contributed by atoms with Crippen molar-refractivity contribution in [3.05, 3.63) is 29.8 Å². The van der Waals surface area contributed by atoms with Crippen LogP contribution in [0.5, 0.6) is 0 Å². The monoisotopic (exact) mass is 314 g/mol. The summed E-state index contributed by atoms with van der Waals surface area (Å²) in [5.74, 6) is -1.17. The van der Waals surface area contributed by atoms with Crippen molar-refractivity contribution in [2.24, 2.45) is 0 Å². The normalized spacial score (nSPS) is 10.8. The Morgan fingerprint density at radius 2 is 1.90 bits per heavy atom. The molecule has 0 heterocycles. The first-order chi connectivity index (χ1) is 9.83. The van der Waals surface area contributed by atoms with E-state index < -0.39 is 28.5 Å². The molecule has 0 aliphatic rings. The summed E-state index contributed by atoms with van der Waals surface area (Å²) in [6.07, 6.45) is 1.76. The quantitative estimate of drug-likeness (QED) is 0.723. The number of carbonyl (C=O) groups is 2. The predicted molar refractivity (Wildman–Crippen MR) is 78.5 cm³/mol. The molecule has 1 aromatic rings. The third-order valence-electron chi connectivity index (χ3n) is 2.35. The van der Waals surface area contributed by atoms with Crippen molar-refractivity contribution in [2.45, 2.75) is 13.3 Å². The smallest absolute Gasteiger partial charge is 0.340 e. The van der Waals surface area contributed by atoms with Gasteiger partial charge in [0.2, 0.25) is 10.0 Å². The lowest BCUT2D eigenvalue weighted by Gasteiger charge is -2.10. The fourth-order valence-electron chi connectivity index (χ4n) is 1.47. The molecule has 1 amide bonds. The Morgan fingerprint density at radius 1 is 1.24 bits per heavy atom. The van der Waals surface area contributed by atoms with Crippen molar-refractivity contribution in [3.8, 4) is 0 Å². The lowest BCUT2D eigenvalue weighted by atomic mass is 10.2. The van der Waals surface area contributed by atoms with E-state index in [4.69, 9.17) is 4.74 Å². The minimum Gasteiger partial charge on any atom is -0.452 e. The molecule has 0 atom stereocenters. The average molecular weight is 314 g/mol. The number of rotatable bonds is 7. The van der Waals surface area contributed by atoms with Crippen LogP contribution in [-0.2, 0) is 19.6 Å². The molecule has 21 heavy (non-hydrogen) atoms. The van der Waals surface area contributed by atoms with Crippen LogP contribution in [0.3, 0.4) is 0 Å². The molecule has 1 rings (SSSR count). The van der Waals surface area contributed by atoms with Gasteiger partial charge in [-0.25, -0.2) is 13.2 Å². The number of carbonyl (C=O) groups excluding carboxylic acids is 2. The molecule has 116 valence electrons. The lowest BCUT2D eigenvalue weighted by molar-refractivity contribution is -0.124. The highest BCUT2D eigenvalue weighted by molar-refractivity contribution is 7.92. The van der Waals surface area contributed by atoms with Crippen LogP contribution < -0.4 is 10.0 Å². The van der Waals surface area contributed by atoms with Gasteiger partial charge in [-0.1, -0.05) is 19.1 Å². The minimum atomic E-state index is -3.51. The summed E-state index contributed by atoms with van der Waals surface area (Å²) in [5, 5.41) is 2.56. The Kier molecular flexibility index (Phi) is 6.16. The van der Waals surface area contributed by atoms with Gasteiger partial charge >= 0.3 is 5.97 Å². The number of benzene rings is 1. The van der Waals surface area contributed by atoms with Gasteiger partial charge in [-0.2, -0.15) is 0 Å². The zero-order valence-electron chi connectivity index (χ0n) is 11.9. The Bertz CT molecular complexity index is 613. The van der Waals surface area contributed by atoms with E-state index in [9.17, 15) is 18.0 Å². The molecule has 0 unspecified atom stereocenters. The number of sulfonamides is 1. The van der Waals surface area contributed by atoms with Crippen molar-refractivity contribution >= 4 is 27.6 Å². The largest absolute Gasteiger partial charge is 0.452 e. The third kappa shape index (κ3) is 6.26. The van der Waals surface area contributed by atoms with E-state index in [1.807, 2.05) is 6.92 Å². The van der Waals surface area contributed by atoms with E-state index in [1.165, 1.54) is 12.1 Å².